The van der Waals surface area contributed by atoms with Crippen molar-refractivity contribution in [3.8, 4) is 5.75 Å². The van der Waals surface area contributed by atoms with Crippen LogP contribution in [0.4, 0.5) is 5.82 Å². The number of aromatic hydroxyl groups is 1. The molecule has 0 radical (unpaired) electrons. The van der Waals surface area contributed by atoms with Crippen molar-refractivity contribution in [1.29, 1.82) is 0 Å². The molecule has 1 aromatic heterocycles. The molecule has 2 aromatic rings. The fraction of sp³-hybridized carbons (Fsp3) is 0.214. The average Bonchev–Trinajstić information content (AvgIpc) is 2.67. The fourth-order valence-electron chi connectivity index (χ4n) is 2.01. The summed E-state index contributed by atoms with van der Waals surface area (Å²) in [6.07, 6.45) is 1.75. The number of carbonyl (C=O) groups is 2. The van der Waals surface area contributed by atoms with Gasteiger partial charge in [0.25, 0.3) is 5.91 Å². The second-order valence-electron chi connectivity index (χ2n) is 4.78. The number of aromatic nitrogens is 2. The molecule has 0 bridgehead atoms. The molecule has 3 N–H and O–H groups in total. The predicted molar refractivity (Wildman–Crippen MR) is 75.7 cm³/mol. The Morgan fingerprint density at radius 3 is 2.38 bits per heavy atom. The standard InChI is InChI=1S/C14H15N3O4/c1-7-4-11(18)10(14(20)21)5-9(7)13(19)15-12-8(2)6-17(3)16-12/h4-6,18H,1-3H3,(H,20,21)(H,15,16,19). The minimum atomic E-state index is -1.30. The summed E-state index contributed by atoms with van der Waals surface area (Å²) in [5, 5.41) is 25.3. The van der Waals surface area contributed by atoms with Crippen molar-refractivity contribution < 1.29 is 19.8 Å². The molecule has 0 aliphatic carbocycles. The van der Waals surface area contributed by atoms with Crippen molar-refractivity contribution in [2.45, 2.75) is 13.8 Å². The fourth-order valence-corrected chi connectivity index (χ4v) is 2.01. The van der Waals surface area contributed by atoms with E-state index in [1.165, 1.54) is 6.07 Å². The lowest BCUT2D eigenvalue weighted by Crippen LogP contribution is -2.15. The first-order chi connectivity index (χ1) is 9.79. The quantitative estimate of drug-likeness (QED) is 0.797. The molecule has 0 unspecified atom stereocenters. The molecule has 0 saturated heterocycles. The van der Waals surface area contributed by atoms with Crippen LogP contribution < -0.4 is 5.32 Å². The molecule has 0 fully saturated rings. The lowest BCUT2D eigenvalue weighted by atomic mass is 10.0. The summed E-state index contributed by atoms with van der Waals surface area (Å²) in [6.45, 7) is 3.42. The molecule has 21 heavy (non-hydrogen) atoms. The number of hydrogen-bond donors (Lipinski definition) is 3. The summed E-state index contributed by atoms with van der Waals surface area (Å²) in [5.41, 5.74) is 1.13. The molecule has 0 aliphatic heterocycles. The molecular formula is C14H15N3O4. The van der Waals surface area contributed by atoms with Gasteiger partial charge < -0.3 is 15.5 Å². The first-order valence-electron chi connectivity index (χ1n) is 6.18. The maximum atomic E-state index is 12.2. The summed E-state index contributed by atoms with van der Waals surface area (Å²) in [5.74, 6) is -1.73. The van der Waals surface area contributed by atoms with E-state index in [9.17, 15) is 14.7 Å². The van der Waals surface area contributed by atoms with Crippen LogP contribution in [0.5, 0.6) is 5.75 Å². The van der Waals surface area contributed by atoms with E-state index in [2.05, 4.69) is 10.4 Å². The number of benzene rings is 1. The molecule has 0 atom stereocenters. The van der Waals surface area contributed by atoms with Crippen molar-refractivity contribution in [3.63, 3.8) is 0 Å². The van der Waals surface area contributed by atoms with Crippen LogP contribution in [0.3, 0.4) is 0 Å². The average molecular weight is 289 g/mol. The number of anilines is 1. The van der Waals surface area contributed by atoms with E-state index >= 15 is 0 Å². The SMILES string of the molecule is Cc1cc(O)c(C(=O)O)cc1C(=O)Nc1nn(C)cc1C. The molecule has 1 aromatic carbocycles. The second-order valence-corrected chi connectivity index (χ2v) is 4.78. The van der Waals surface area contributed by atoms with E-state index in [1.807, 2.05) is 0 Å². The highest BCUT2D eigenvalue weighted by Gasteiger charge is 2.18. The van der Waals surface area contributed by atoms with Crippen LogP contribution in [0, 0.1) is 13.8 Å². The Morgan fingerprint density at radius 1 is 1.19 bits per heavy atom. The van der Waals surface area contributed by atoms with E-state index in [4.69, 9.17) is 5.11 Å². The molecule has 1 amide bonds. The zero-order valence-corrected chi connectivity index (χ0v) is 11.8. The third-order valence-corrected chi connectivity index (χ3v) is 3.06. The maximum Gasteiger partial charge on any atom is 0.339 e. The Balaban J connectivity index is 2.37. The number of amides is 1. The van der Waals surface area contributed by atoms with Gasteiger partial charge in [0.2, 0.25) is 0 Å². The summed E-state index contributed by atoms with van der Waals surface area (Å²) < 4.78 is 1.57. The maximum absolute atomic E-state index is 12.2. The molecule has 7 heteroatoms. The van der Waals surface area contributed by atoms with Gasteiger partial charge in [-0.25, -0.2) is 4.79 Å². The monoisotopic (exact) mass is 289 g/mol. The molecule has 2 rings (SSSR count). The van der Waals surface area contributed by atoms with Gasteiger partial charge in [0, 0.05) is 24.4 Å². The van der Waals surface area contributed by atoms with Crippen LogP contribution in [0.15, 0.2) is 18.3 Å². The van der Waals surface area contributed by atoms with E-state index in [0.29, 0.717) is 11.4 Å². The highest BCUT2D eigenvalue weighted by molar-refractivity contribution is 6.07. The van der Waals surface area contributed by atoms with Gasteiger partial charge in [-0.3, -0.25) is 9.48 Å². The Bertz CT molecular complexity index is 734. The highest BCUT2D eigenvalue weighted by Crippen LogP contribution is 2.23. The van der Waals surface area contributed by atoms with E-state index in [-0.39, 0.29) is 16.9 Å². The number of nitrogens with zero attached hydrogens (tertiary/aromatic N) is 2. The topological polar surface area (TPSA) is 104 Å². The van der Waals surface area contributed by atoms with Crippen LogP contribution in [-0.4, -0.2) is 31.9 Å². The van der Waals surface area contributed by atoms with Gasteiger partial charge >= 0.3 is 5.97 Å². The number of carboxylic acid groups (broad SMARTS) is 1. The first-order valence-corrected chi connectivity index (χ1v) is 6.18. The Hall–Kier alpha value is -2.83. The van der Waals surface area contributed by atoms with Crippen LogP contribution >= 0.6 is 0 Å². The van der Waals surface area contributed by atoms with Gasteiger partial charge in [0.1, 0.15) is 11.3 Å². The number of nitrogens with one attached hydrogen (secondary N) is 1. The molecule has 7 nitrogen and oxygen atoms in total. The molecule has 0 saturated carbocycles. The molecule has 0 aliphatic rings. The zero-order valence-electron chi connectivity index (χ0n) is 11.8. The summed E-state index contributed by atoms with van der Waals surface area (Å²) in [4.78, 5) is 23.3. The van der Waals surface area contributed by atoms with E-state index < -0.39 is 11.9 Å². The molecular weight excluding hydrogens is 274 g/mol. The van der Waals surface area contributed by atoms with Gasteiger partial charge in [-0.05, 0) is 31.5 Å². The minimum absolute atomic E-state index is 0.176. The summed E-state index contributed by atoms with van der Waals surface area (Å²) >= 11 is 0. The predicted octanol–water partition coefficient (Wildman–Crippen LogP) is 1.69. The number of rotatable bonds is 3. The Morgan fingerprint density at radius 2 is 1.86 bits per heavy atom. The van der Waals surface area contributed by atoms with Crippen LogP contribution in [-0.2, 0) is 7.05 Å². The smallest absolute Gasteiger partial charge is 0.339 e. The van der Waals surface area contributed by atoms with Gasteiger partial charge in [-0.1, -0.05) is 0 Å². The van der Waals surface area contributed by atoms with Crippen molar-refractivity contribution in [3.05, 3.63) is 40.6 Å². The van der Waals surface area contributed by atoms with Gasteiger partial charge in [-0.15, -0.1) is 0 Å². The third kappa shape index (κ3) is 2.86. The third-order valence-electron chi connectivity index (χ3n) is 3.06. The van der Waals surface area contributed by atoms with Crippen LogP contribution in [0.1, 0.15) is 31.8 Å². The van der Waals surface area contributed by atoms with Crippen LogP contribution in [0.2, 0.25) is 0 Å². The highest BCUT2D eigenvalue weighted by atomic mass is 16.4. The molecule has 0 spiro atoms. The molecule has 1 heterocycles. The number of carboxylic acids is 1. The Labute approximate surface area is 120 Å². The minimum Gasteiger partial charge on any atom is -0.507 e. The zero-order chi connectivity index (χ0) is 15.7. The summed E-state index contributed by atoms with van der Waals surface area (Å²) in [6, 6.07) is 2.41. The number of aromatic carboxylic acids is 1. The van der Waals surface area contributed by atoms with Crippen LogP contribution in [0.25, 0.3) is 0 Å². The Kier molecular flexibility index (Phi) is 3.66. The van der Waals surface area contributed by atoms with Crippen molar-refractivity contribution in [2.75, 3.05) is 5.32 Å². The molecule has 110 valence electrons. The first kappa shape index (κ1) is 14.6. The second kappa shape index (κ2) is 5.28. The number of aryl methyl sites for hydroxylation is 3. The normalized spacial score (nSPS) is 10.4. The number of carbonyl (C=O) groups excluding carboxylic acids is 1. The van der Waals surface area contributed by atoms with E-state index in [0.717, 1.165) is 11.6 Å². The largest absolute Gasteiger partial charge is 0.507 e. The van der Waals surface area contributed by atoms with E-state index in [1.54, 1.807) is 31.8 Å². The van der Waals surface area contributed by atoms with Gasteiger partial charge in [-0.2, -0.15) is 5.10 Å². The van der Waals surface area contributed by atoms with Gasteiger partial charge in [0.15, 0.2) is 5.82 Å². The number of phenols is 1. The van der Waals surface area contributed by atoms with Gasteiger partial charge in [0.05, 0.1) is 0 Å². The summed E-state index contributed by atoms with van der Waals surface area (Å²) in [7, 11) is 1.73. The lowest BCUT2D eigenvalue weighted by molar-refractivity contribution is 0.0693. The van der Waals surface area contributed by atoms with Crippen molar-refractivity contribution in [2.24, 2.45) is 7.05 Å². The lowest BCUT2D eigenvalue weighted by Gasteiger charge is -2.09. The number of hydrogen-bond acceptors (Lipinski definition) is 4. The van der Waals surface area contributed by atoms with Crippen molar-refractivity contribution >= 4 is 17.7 Å². The van der Waals surface area contributed by atoms with Crippen molar-refractivity contribution in [1.82, 2.24) is 9.78 Å².